The van der Waals surface area contributed by atoms with Crippen molar-refractivity contribution in [1.29, 1.82) is 0 Å². The quantitative estimate of drug-likeness (QED) is 0.0283. The fourth-order valence-electron chi connectivity index (χ4n) is 6.50. The Morgan fingerprint density at radius 1 is 0.491 bits per heavy atom. The van der Waals surface area contributed by atoms with Crippen LogP contribution in [0.5, 0.6) is 0 Å². The molecule has 0 fully saturated rings. The Morgan fingerprint density at radius 2 is 0.909 bits per heavy atom. The lowest BCUT2D eigenvalue weighted by Gasteiger charge is -2.21. The number of aliphatic hydroxyl groups is 1. The van der Waals surface area contributed by atoms with Crippen LogP contribution >= 0.6 is 0 Å². The predicted octanol–water partition coefficient (Wildman–Crippen LogP) is 12.2. The van der Waals surface area contributed by atoms with E-state index >= 15 is 0 Å². The molecule has 0 atom stereocenters. The van der Waals surface area contributed by atoms with E-state index in [2.05, 4.69) is 50.0 Å². The Kier molecular flexibility index (Phi) is 43.5. The number of esters is 2. The van der Waals surface area contributed by atoms with E-state index in [1.54, 1.807) is 0 Å². The molecule has 8 heteroatoms. The third kappa shape index (κ3) is 41.7. The second kappa shape index (κ2) is 45.0. The monoisotopic (exact) mass is 780 g/mol. The molecule has 0 heterocycles. The highest BCUT2D eigenvalue weighted by Gasteiger charge is 2.13. The van der Waals surface area contributed by atoms with Gasteiger partial charge in [0, 0.05) is 19.4 Å². The van der Waals surface area contributed by atoms with Crippen LogP contribution in [-0.4, -0.2) is 80.9 Å². The summed E-state index contributed by atoms with van der Waals surface area (Å²) in [6.07, 6.45) is 39.6. The van der Waals surface area contributed by atoms with E-state index in [1.165, 1.54) is 83.5 Å². The molecule has 0 saturated heterocycles. The van der Waals surface area contributed by atoms with Gasteiger partial charge in [0.05, 0.1) is 39.5 Å². The minimum Gasteiger partial charge on any atom is -0.466 e. The fraction of sp³-hybridized carbons (Fsp3) is 0.872. The molecule has 0 aromatic rings. The van der Waals surface area contributed by atoms with Gasteiger partial charge in [-0.15, -0.1) is 0 Å². The Labute approximate surface area is 339 Å². The van der Waals surface area contributed by atoms with Crippen LogP contribution in [0.1, 0.15) is 207 Å². The van der Waals surface area contributed by atoms with Gasteiger partial charge in [-0.25, -0.2) is 0 Å². The molecule has 0 spiro atoms. The van der Waals surface area contributed by atoms with Crippen LogP contribution in [0.25, 0.3) is 0 Å². The molecule has 0 aromatic carbocycles. The maximum atomic E-state index is 12.5. The third-order valence-corrected chi connectivity index (χ3v) is 10.0. The number of carbonyl (C=O) groups excluding carboxylic acids is 2. The summed E-state index contributed by atoms with van der Waals surface area (Å²) in [6.45, 7) is 11.6. The Bertz CT molecular complexity index is 838. The van der Waals surface area contributed by atoms with Crippen molar-refractivity contribution in [3.63, 3.8) is 0 Å². The van der Waals surface area contributed by atoms with E-state index in [0.29, 0.717) is 45.8 Å². The van der Waals surface area contributed by atoms with E-state index in [4.69, 9.17) is 18.9 Å². The van der Waals surface area contributed by atoms with Crippen molar-refractivity contribution in [1.82, 2.24) is 4.90 Å². The molecule has 0 unspecified atom stereocenters. The number of hydrogen-bond donors (Lipinski definition) is 1. The van der Waals surface area contributed by atoms with Gasteiger partial charge < -0.3 is 29.0 Å². The normalized spacial score (nSPS) is 11.9. The smallest absolute Gasteiger partial charge is 0.305 e. The van der Waals surface area contributed by atoms with Crippen LogP contribution in [0.2, 0.25) is 0 Å². The molecular formula is C47H89NO7. The maximum absolute atomic E-state index is 12.5. The van der Waals surface area contributed by atoms with E-state index < -0.39 is 6.29 Å². The number of nitrogens with zero attached hydrogens (tertiary/aromatic N) is 1. The SMILES string of the molecule is CCCCCC/C=C\COC(CCC(=O)OCCCCCCN(CCO)CCCCCCCC(=O)OCCCCCCCCC)OC/C=C\CCCCCC. The van der Waals surface area contributed by atoms with Crippen LogP contribution < -0.4 is 0 Å². The molecule has 0 aliphatic rings. The number of unbranched alkanes of at least 4 members (excludes halogenated alkanes) is 21. The first-order valence-corrected chi connectivity index (χ1v) is 23.2. The molecule has 0 aliphatic carbocycles. The summed E-state index contributed by atoms with van der Waals surface area (Å²) in [4.78, 5) is 26.8. The van der Waals surface area contributed by atoms with Crippen molar-refractivity contribution in [2.45, 2.75) is 213 Å². The predicted molar refractivity (Wildman–Crippen MR) is 230 cm³/mol. The topological polar surface area (TPSA) is 94.5 Å². The molecule has 0 bridgehead atoms. The summed E-state index contributed by atoms with van der Waals surface area (Å²) in [5.41, 5.74) is 0. The van der Waals surface area contributed by atoms with Crippen molar-refractivity contribution in [2.24, 2.45) is 0 Å². The van der Waals surface area contributed by atoms with Gasteiger partial charge in [0.25, 0.3) is 0 Å². The van der Waals surface area contributed by atoms with Crippen LogP contribution in [0.4, 0.5) is 0 Å². The van der Waals surface area contributed by atoms with Crippen LogP contribution in [0, 0.1) is 0 Å². The van der Waals surface area contributed by atoms with Gasteiger partial charge in [0.2, 0.25) is 0 Å². The Hall–Kier alpha value is -1.74. The number of hydrogen-bond acceptors (Lipinski definition) is 8. The van der Waals surface area contributed by atoms with Crippen molar-refractivity contribution in [3.8, 4) is 0 Å². The van der Waals surface area contributed by atoms with Gasteiger partial charge in [-0.3, -0.25) is 9.59 Å². The second-order valence-electron chi connectivity index (χ2n) is 15.3. The molecule has 1 N–H and O–H groups in total. The van der Waals surface area contributed by atoms with E-state index in [0.717, 1.165) is 96.6 Å². The Morgan fingerprint density at radius 3 is 1.40 bits per heavy atom. The lowest BCUT2D eigenvalue weighted by atomic mass is 10.1. The van der Waals surface area contributed by atoms with Crippen LogP contribution in [0.15, 0.2) is 24.3 Å². The van der Waals surface area contributed by atoms with Crippen molar-refractivity contribution < 1.29 is 33.6 Å². The standard InChI is InChI=1S/C47H89NO7/c1-4-7-10-13-16-23-30-41-52-45(50)34-27-20-19-21-28-37-48(39-40-49)38-29-22-26-31-42-53-46(51)35-36-47(54-43-32-24-17-14-11-8-5-2)55-44-33-25-18-15-12-9-6-3/h24-25,32-33,47,49H,4-23,26-31,34-44H2,1-3H3/b32-24-,33-25-. The number of rotatable bonds is 44. The Balaban J connectivity index is 4.06. The highest BCUT2D eigenvalue weighted by Crippen LogP contribution is 2.12. The van der Waals surface area contributed by atoms with E-state index in [9.17, 15) is 14.7 Å². The molecular weight excluding hydrogens is 691 g/mol. The zero-order chi connectivity index (χ0) is 40.1. The molecule has 0 rings (SSSR count). The van der Waals surface area contributed by atoms with Gasteiger partial charge in [-0.2, -0.15) is 0 Å². The van der Waals surface area contributed by atoms with Gasteiger partial charge in [0.1, 0.15) is 0 Å². The first-order chi connectivity index (χ1) is 27.1. The summed E-state index contributed by atoms with van der Waals surface area (Å²) in [5.74, 6) is -0.236. The average molecular weight is 780 g/mol. The fourth-order valence-corrected chi connectivity index (χ4v) is 6.50. The van der Waals surface area contributed by atoms with Crippen LogP contribution in [-0.2, 0) is 28.5 Å². The molecule has 0 aromatic heterocycles. The van der Waals surface area contributed by atoms with Gasteiger partial charge in [-0.1, -0.05) is 154 Å². The lowest BCUT2D eigenvalue weighted by molar-refractivity contribution is -0.153. The minimum absolute atomic E-state index is 0.0446. The number of allylic oxidation sites excluding steroid dienone is 2. The molecule has 55 heavy (non-hydrogen) atoms. The number of ether oxygens (including phenoxy) is 4. The minimum atomic E-state index is -0.427. The highest BCUT2D eigenvalue weighted by atomic mass is 16.7. The summed E-state index contributed by atoms with van der Waals surface area (Å²) in [7, 11) is 0. The van der Waals surface area contributed by atoms with Crippen LogP contribution in [0.3, 0.4) is 0 Å². The summed E-state index contributed by atoms with van der Waals surface area (Å²) < 4.78 is 22.9. The molecule has 0 aliphatic heterocycles. The van der Waals surface area contributed by atoms with Crippen molar-refractivity contribution in [2.75, 3.05) is 52.7 Å². The van der Waals surface area contributed by atoms with Crippen molar-refractivity contribution >= 4 is 11.9 Å². The number of carbonyl (C=O) groups is 2. The summed E-state index contributed by atoms with van der Waals surface area (Å²) >= 11 is 0. The van der Waals surface area contributed by atoms with Gasteiger partial charge in [-0.05, 0) is 70.9 Å². The third-order valence-electron chi connectivity index (χ3n) is 10.0. The highest BCUT2D eigenvalue weighted by molar-refractivity contribution is 5.69. The van der Waals surface area contributed by atoms with E-state index in [1.807, 2.05) is 0 Å². The van der Waals surface area contributed by atoms with Gasteiger partial charge >= 0.3 is 11.9 Å². The molecule has 0 saturated carbocycles. The molecule has 8 nitrogen and oxygen atoms in total. The molecule has 0 amide bonds. The zero-order valence-electron chi connectivity index (χ0n) is 36.4. The number of aliphatic hydroxyl groups excluding tert-OH is 1. The van der Waals surface area contributed by atoms with E-state index in [-0.39, 0.29) is 25.0 Å². The lowest BCUT2D eigenvalue weighted by Crippen LogP contribution is -2.29. The summed E-state index contributed by atoms with van der Waals surface area (Å²) in [6, 6.07) is 0. The summed E-state index contributed by atoms with van der Waals surface area (Å²) in [5, 5.41) is 9.54. The van der Waals surface area contributed by atoms with Gasteiger partial charge in [0.15, 0.2) is 6.29 Å². The maximum Gasteiger partial charge on any atom is 0.305 e. The molecule has 324 valence electrons. The first kappa shape index (κ1) is 53.3. The van der Waals surface area contributed by atoms with Crippen molar-refractivity contribution in [3.05, 3.63) is 24.3 Å². The average Bonchev–Trinajstić information content (AvgIpc) is 3.18. The molecule has 0 radical (unpaired) electrons. The largest absolute Gasteiger partial charge is 0.466 e. The second-order valence-corrected chi connectivity index (χ2v) is 15.3. The first-order valence-electron chi connectivity index (χ1n) is 23.2. The zero-order valence-corrected chi connectivity index (χ0v) is 36.4.